The lowest BCUT2D eigenvalue weighted by Crippen LogP contribution is -2.45. The van der Waals surface area contributed by atoms with Crippen molar-refractivity contribution >= 4 is 10.8 Å². The monoisotopic (exact) mass is 314 g/mol. The number of nitrogens with zero attached hydrogens (tertiary/aromatic N) is 1. The van der Waals surface area contributed by atoms with Gasteiger partial charge in [-0.3, -0.25) is 0 Å². The number of aliphatic hydroxyl groups excluding tert-OH is 1. The summed E-state index contributed by atoms with van der Waals surface area (Å²) in [6, 6.07) is 12.2. The van der Waals surface area contributed by atoms with E-state index in [1.54, 1.807) is 7.11 Å². The molecule has 4 nitrogen and oxygen atoms in total. The van der Waals surface area contributed by atoms with E-state index in [4.69, 9.17) is 4.74 Å². The van der Waals surface area contributed by atoms with Gasteiger partial charge >= 0.3 is 0 Å². The molecule has 0 saturated carbocycles. The molecule has 1 aliphatic heterocycles. The van der Waals surface area contributed by atoms with E-state index in [1.807, 2.05) is 24.3 Å². The maximum Gasteiger partial charge on any atom is 0.125 e. The highest BCUT2D eigenvalue weighted by Gasteiger charge is 2.24. The first-order chi connectivity index (χ1) is 11.2. The number of piperazine rings is 1. The zero-order valence-electron chi connectivity index (χ0n) is 14.0. The molecule has 23 heavy (non-hydrogen) atoms. The highest BCUT2D eigenvalue weighted by atomic mass is 16.5. The minimum absolute atomic E-state index is 0.146. The van der Waals surface area contributed by atoms with Crippen LogP contribution in [-0.2, 0) is 0 Å². The molecule has 0 aliphatic carbocycles. The molecule has 0 spiro atoms. The van der Waals surface area contributed by atoms with Gasteiger partial charge in [0.15, 0.2) is 0 Å². The number of aliphatic hydroxyl groups is 1. The molecule has 2 N–H and O–H groups in total. The van der Waals surface area contributed by atoms with Crippen molar-refractivity contribution in [1.82, 2.24) is 10.2 Å². The Morgan fingerprint density at radius 2 is 1.91 bits per heavy atom. The van der Waals surface area contributed by atoms with Crippen LogP contribution in [0.15, 0.2) is 36.4 Å². The van der Waals surface area contributed by atoms with Crippen LogP contribution in [-0.4, -0.2) is 49.8 Å². The zero-order chi connectivity index (χ0) is 16.2. The highest BCUT2D eigenvalue weighted by Crippen LogP contribution is 2.36. The molecule has 1 heterocycles. The Hall–Kier alpha value is -1.62. The molecule has 0 bridgehead atoms. The summed E-state index contributed by atoms with van der Waals surface area (Å²) < 4.78 is 5.53. The van der Waals surface area contributed by atoms with Crippen molar-refractivity contribution in [3.63, 3.8) is 0 Å². The maximum atomic E-state index is 11.0. The molecule has 4 heteroatoms. The Bertz CT molecular complexity index is 653. The zero-order valence-corrected chi connectivity index (χ0v) is 14.0. The molecule has 124 valence electrons. The first-order valence-electron chi connectivity index (χ1n) is 8.37. The Morgan fingerprint density at radius 3 is 2.65 bits per heavy atom. The van der Waals surface area contributed by atoms with Gasteiger partial charge in [-0.1, -0.05) is 37.3 Å². The second-order valence-corrected chi connectivity index (χ2v) is 6.38. The summed E-state index contributed by atoms with van der Waals surface area (Å²) in [5, 5.41) is 16.6. The Morgan fingerprint density at radius 1 is 1.17 bits per heavy atom. The highest BCUT2D eigenvalue weighted by molar-refractivity contribution is 5.88. The van der Waals surface area contributed by atoms with Crippen molar-refractivity contribution in [3.8, 4) is 5.75 Å². The van der Waals surface area contributed by atoms with Crippen LogP contribution < -0.4 is 10.1 Å². The summed E-state index contributed by atoms with van der Waals surface area (Å²) in [6.07, 6.45) is -0.536. The van der Waals surface area contributed by atoms with Crippen molar-refractivity contribution in [2.45, 2.75) is 13.0 Å². The van der Waals surface area contributed by atoms with Crippen molar-refractivity contribution in [2.75, 3.05) is 39.8 Å². The first kappa shape index (κ1) is 16.2. The maximum absolute atomic E-state index is 11.0. The summed E-state index contributed by atoms with van der Waals surface area (Å²) in [4.78, 5) is 2.42. The van der Waals surface area contributed by atoms with Crippen LogP contribution in [0.4, 0.5) is 0 Å². The van der Waals surface area contributed by atoms with Crippen LogP contribution in [0.5, 0.6) is 5.75 Å². The van der Waals surface area contributed by atoms with Gasteiger partial charge in [-0.25, -0.2) is 0 Å². The van der Waals surface area contributed by atoms with Crippen LogP contribution in [0.25, 0.3) is 10.8 Å². The quantitative estimate of drug-likeness (QED) is 0.890. The summed E-state index contributed by atoms with van der Waals surface area (Å²) >= 11 is 0. The average molecular weight is 314 g/mol. The lowest BCUT2D eigenvalue weighted by atomic mass is 9.91. The van der Waals surface area contributed by atoms with Gasteiger partial charge in [-0.05, 0) is 22.8 Å². The number of hydrogen-bond donors (Lipinski definition) is 2. The van der Waals surface area contributed by atoms with Crippen LogP contribution in [0.3, 0.4) is 0 Å². The lowest BCUT2D eigenvalue weighted by molar-refractivity contribution is 0.0833. The van der Waals surface area contributed by atoms with Crippen molar-refractivity contribution in [1.29, 1.82) is 0 Å². The van der Waals surface area contributed by atoms with Crippen molar-refractivity contribution in [2.24, 2.45) is 5.92 Å². The van der Waals surface area contributed by atoms with Crippen LogP contribution in [0.1, 0.15) is 18.6 Å². The molecule has 1 saturated heterocycles. The summed E-state index contributed by atoms with van der Waals surface area (Å²) in [5.74, 6) is 0.913. The molecule has 0 amide bonds. The minimum Gasteiger partial charge on any atom is -0.496 e. The topological polar surface area (TPSA) is 44.7 Å². The number of hydrogen-bond acceptors (Lipinski definition) is 4. The largest absolute Gasteiger partial charge is 0.496 e. The van der Waals surface area contributed by atoms with Gasteiger partial charge in [0, 0.05) is 38.3 Å². The second kappa shape index (κ2) is 7.30. The fraction of sp³-hybridized carbons (Fsp3) is 0.474. The van der Waals surface area contributed by atoms with Gasteiger partial charge in [0.2, 0.25) is 0 Å². The lowest BCUT2D eigenvalue weighted by Gasteiger charge is -2.32. The van der Waals surface area contributed by atoms with E-state index < -0.39 is 6.10 Å². The standard InChI is InChI=1S/C19H26N2O2/c1-14(13-21-11-9-20-10-12-21)19(22)18-16-6-4-3-5-15(16)7-8-17(18)23-2/h3-8,14,19-20,22H,9-13H2,1-2H3. The minimum atomic E-state index is -0.536. The van der Waals surface area contributed by atoms with Gasteiger partial charge < -0.3 is 20.1 Å². The van der Waals surface area contributed by atoms with E-state index in [0.717, 1.165) is 54.8 Å². The summed E-state index contributed by atoms with van der Waals surface area (Å²) in [5.41, 5.74) is 0.910. The third kappa shape index (κ3) is 3.50. The van der Waals surface area contributed by atoms with E-state index in [-0.39, 0.29) is 5.92 Å². The average Bonchev–Trinajstić information content (AvgIpc) is 2.61. The van der Waals surface area contributed by atoms with Crippen molar-refractivity contribution in [3.05, 3.63) is 42.0 Å². The first-order valence-corrected chi connectivity index (χ1v) is 8.37. The van der Waals surface area contributed by atoms with Gasteiger partial charge in [0.1, 0.15) is 5.75 Å². The number of benzene rings is 2. The predicted molar refractivity (Wildman–Crippen MR) is 93.9 cm³/mol. The van der Waals surface area contributed by atoms with Crippen LogP contribution in [0.2, 0.25) is 0 Å². The fourth-order valence-corrected chi connectivity index (χ4v) is 3.44. The van der Waals surface area contributed by atoms with E-state index in [1.165, 1.54) is 0 Å². The SMILES string of the molecule is COc1ccc2ccccc2c1C(O)C(C)CN1CCNCC1. The normalized spacial score (nSPS) is 18.7. The predicted octanol–water partition coefficient (Wildman–Crippen LogP) is 2.42. The van der Waals surface area contributed by atoms with E-state index in [0.29, 0.717) is 0 Å². The summed E-state index contributed by atoms with van der Waals surface area (Å²) in [7, 11) is 1.67. The molecular formula is C19H26N2O2. The van der Waals surface area contributed by atoms with Gasteiger partial charge in [0.05, 0.1) is 13.2 Å². The molecule has 0 radical (unpaired) electrons. The van der Waals surface area contributed by atoms with E-state index in [2.05, 4.69) is 29.3 Å². The van der Waals surface area contributed by atoms with Gasteiger partial charge in [0.25, 0.3) is 0 Å². The Balaban J connectivity index is 1.88. The molecule has 2 aromatic rings. The Labute approximate surface area is 138 Å². The van der Waals surface area contributed by atoms with Crippen LogP contribution in [0, 0.1) is 5.92 Å². The smallest absolute Gasteiger partial charge is 0.125 e. The molecule has 2 atom stereocenters. The molecule has 1 fully saturated rings. The summed E-state index contributed by atoms with van der Waals surface area (Å²) in [6.45, 7) is 7.16. The molecule has 0 aromatic heterocycles. The number of fused-ring (bicyclic) bond motifs is 1. The second-order valence-electron chi connectivity index (χ2n) is 6.38. The number of nitrogens with one attached hydrogen (secondary N) is 1. The van der Waals surface area contributed by atoms with E-state index >= 15 is 0 Å². The van der Waals surface area contributed by atoms with Gasteiger partial charge in [-0.2, -0.15) is 0 Å². The third-order valence-electron chi connectivity index (χ3n) is 4.74. The van der Waals surface area contributed by atoms with Crippen LogP contribution >= 0.6 is 0 Å². The molecule has 2 unspecified atom stereocenters. The van der Waals surface area contributed by atoms with E-state index in [9.17, 15) is 5.11 Å². The molecule has 2 aromatic carbocycles. The molecule has 1 aliphatic rings. The number of ether oxygens (including phenoxy) is 1. The number of methoxy groups -OCH3 is 1. The fourth-order valence-electron chi connectivity index (χ4n) is 3.44. The van der Waals surface area contributed by atoms with Gasteiger partial charge in [-0.15, -0.1) is 0 Å². The third-order valence-corrected chi connectivity index (χ3v) is 4.74. The molecular weight excluding hydrogens is 288 g/mol. The molecule has 3 rings (SSSR count). The number of rotatable bonds is 5. The Kier molecular flexibility index (Phi) is 5.16. The van der Waals surface area contributed by atoms with Crippen molar-refractivity contribution < 1.29 is 9.84 Å².